The van der Waals surface area contributed by atoms with Gasteiger partial charge in [0.1, 0.15) is 16.4 Å². The van der Waals surface area contributed by atoms with Crippen molar-refractivity contribution in [2.24, 2.45) is 5.73 Å². The first-order valence-corrected chi connectivity index (χ1v) is 8.37. The fourth-order valence-corrected chi connectivity index (χ4v) is 3.09. The van der Waals surface area contributed by atoms with Crippen LogP contribution < -0.4 is 5.73 Å². The standard InChI is InChI=1S/C16H16FN5OS/c1-9(2)14-12-7-19-22(11-5-3-10(17)4-6-11)15(12)16(21-20-14)24-8-13(18)23/h3-7,9H,8H2,1-2H3,(H2,18,23). The molecule has 6 nitrogen and oxygen atoms in total. The first-order valence-electron chi connectivity index (χ1n) is 7.38. The number of benzene rings is 1. The quantitative estimate of drug-likeness (QED) is 0.718. The van der Waals surface area contributed by atoms with Gasteiger partial charge in [-0.15, -0.1) is 5.10 Å². The molecular formula is C16H16FN5OS. The van der Waals surface area contributed by atoms with Gasteiger partial charge in [-0.05, 0) is 30.2 Å². The Morgan fingerprint density at radius 3 is 2.62 bits per heavy atom. The van der Waals surface area contributed by atoms with E-state index in [2.05, 4.69) is 15.3 Å². The minimum absolute atomic E-state index is 0.0966. The van der Waals surface area contributed by atoms with Crippen LogP contribution in [-0.2, 0) is 4.79 Å². The van der Waals surface area contributed by atoms with Gasteiger partial charge in [0.05, 0.1) is 23.3 Å². The number of carbonyl (C=O) groups is 1. The molecule has 0 saturated carbocycles. The van der Waals surface area contributed by atoms with Gasteiger partial charge in [-0.25, -0.2) is 9.07 Å². The third kappa shape index (κ3) is 3.09. The lowest BCUT2D eigenvalue weighted by Crippen LogP contribution is -2.13. The van der Waals surface area contributed by atoms with Gasteiger partial charge in [-0.3, -0.25) is 4.79 Å². The lowest BCUT2D eigenvalue weighted by molar-refractivity contribution is -0.115. The summed E-state index contributed by atoms with van der Waals surface area (Å²) in [6, 6.07) is 6.02. The molecule has 0 radical (unpaired) electrons. The van der Waals surface area contributed by atoms with Crippen LogP contribution >= 0.6 is 11.8 Å². The van der Waals surface area contributed by atoms with E-state index in [1.54, 1.807) is 23.0 Å². The fraction of sp³-hybridized carbons (Fsp3) is 0.250. The predicted molar refractivity (Wildman–Crippen MR) is 90.6 cm³/mol. The van der Waals surface area contributed by atoms with Crippen LogP contribution in [0.2, 0.25) is 0 Å². The largest absolute Gasteiger partial charge is 0.369 e. The lowest BCUT2D eigenvalue weighted by Gasteiger charge is -2.10. The second-order valence-electron chi connectivity index (χ2n) is 5.60. The molecule has 0 aliphatic rings. The second kappa shape index (κ2) is 6.56. The van der Waals surface area contributed by atoms with E-state index in [9.17, 15) is 9.18 Å². The molecule has 0 spiro atoms. The van der Waals surface area contributed by atoms with Crippen molar-refractivity contribution in [2.45, 2.75) is 24.8 Å². The monoisotopic (exact) mass is 345 g/mol. The molecule has 2 N–H and O–H groups in total. The van der Waals surface area contributed by atoms with E-state index < -0.39 is 5.91 Å². The molecule has 2 heterocycles. The molecule has 2 aromatic heterocycles. The Bertz CT molecular complexity index is 891. The van der Waals surface area contributed by atoms with Gasteiger partial charge >= 0.3 is 0 Å². The highest BCUT2D eigenvalue weighted by molar-refractivity contribution is 8.00. The maximum Gasteiger partial charge on any atom is 0.227 e. The molecule has 24 heavy (non-hydrogen) atoms. The van der Waals surface area contributed by atoms with Crippen LogP contribution in [0.5, 0.6) is 0 Å². The molecular weight excluding hydrogens is 329 g/mol. The van der Waals surface area contributed by atoms with Gasteiger partial charge in [0, 0.05) is 5.39 Å². The molecule has 0 saturated heterocycles. The second-order valence-corrected chi connectivity index (χ2v) is 6.56. The highest BCUT2D eigenvalue weighted by atomic mass is 32.2. The van der Waals surface area contributed by atoms with Crippen molar-refractivity contribution in [3.05, 3.63) is 42.0 Å². The minimum atomic E-state index is -0.435. The van der Waals surface area contributed by atoms with E-state index in [0.717, 1.165) is 16.6 Å². The zero-order valence-electron chi connectivity index (χ0n) is 13.2. The van der Waals surface area contributed by atoms with Gasteiger partial charge in [0.25, 0.3) is 0 Å². The van der Waals surface area contributed by atoms with Crippen LogP contribution in [0.25, 0.3) is 16.6 Å². The van der Waals surface area contributed by atoms with E-state index in [1.165, 1.54) is 23.9 Å². The highest BCUT2D eigenvalue weighted by Gasteiger charge is 2.18. The molecule has 8 heteroatoms. The highest BCUT2D eigenvalue weighted by Crippen LogP contribution is 2.31. The number of carbonyl (C=O) groups excluding carboxylic acids is 1. The molecule has 3 aromatic rings. The summed E-state index contributed by atoms with van der Waals surface area (Å²) in [4.78, 5) is 11.1. The van der Waals surface area contributed by atoms with E-state index in [4.69, 9.17) is 5.73 Å². The molecule has 0 bridgehead atoms. The summed E-state index contributed by atoms with van der Waals surface area (Å²) in [6.45, 7) is 4.05. The third-order valence-electron chi connectivity index (χ3n) is 3.47. The number of fused-ring (bicyclic) bond motifs is 1. The average molecular weight is 345 g/mol. The molecule has 3 rings (SSSR count). The number of halogens is 1. The fourth-order valence-electron chi connectivity index (χ4n) is 2.38. The first kappa shape index (κ1) is 16.4. The molecule has 0 aliphatic carbocycles. The molecule has 1 amide bonds. The van der Waals surface area contributed by atoms with Gasteiger partial charge < -0.3 is 5.73 Å². The minimum Gasteiger partial charge on any atom is -0.369 e. The maximum absolute atomic E-state index is 13.2. The summed E-state index contributed by atoms with van der Waals surface area (Å²) in [5.41, 5.74) is 7.50. The third-order valence-corrected chi connectivity index (χ3v) is 4.44. The predicted octanol–water partition coefficient (Wildman–Crippen LogP) is 2.66. The van der Waals surface area contributed by atoms with Gasteiger partial charge in [0.15, 0.2) is 0 Å². The summed E-state index contributed by atoms with van der Waals surface area (Å²) in [6.07, 6.45) is 1.72. The van der Waals surface area contributed by atoms with Crippen LogP contribution in [-0.4, -0.2) is 31.6 Å². The number of amides is 1. The van der Waals surface area contributed by atoms with Crippen LogP contribution in [0.15, 0.2) is 35.5 Å². The average Bonchev–Trinajstić information content (AvgIpc) is 2.98. The first-order chi connectivity index (χ1) is 11.5. The SMILES string of the molecule is CC(C)c1nnc(SCC(N)=O)c2c1cnn2-c1ccc(F)cc1. The van der Waals surface area contributed by atoms with Crippen molar-refractivity contribution in [1.82, 2.24) is 20.0 Å². The lowest BCUT2D eigenvalue weighted by atomic mass is 10.1. The van der Waals surface area contributed by atoms with E-state index in [1.807, 2.05) is 13.8 Å². The smallest absolute Gasteiger partial charge is 0.227 e. The number of rotatable bonds is 5. The zero-order chi connectivity index (χ0) is 17.3. The summed E-state index contributed by atoms with van der Waals surface area (Å²) in [5.74, 6) is -0.489. The summed E-state index contributed by atoms with van der Waals surface area (Å²) >= 11 is 1.21. The normalized spacial score (nSPS) is 11.3. The molecule has 0 unspecified atom stereocenters. The van der Waals surface area contributed by atoms with Crippen molar-refractivity contribution in [3.8, 4) is 5.69 Å². The van der Waals surface area contributed by atoms with Crippen LogP contribution in [0.3, 0.4) is 0 Å². The van der Waals surface area contributed by atoms with Gasteiger partial charge in [-0.1, -0.05) is 25.6 Å². The van der Waals surface area contributed by atoms with Crippen LogP contribution in [0, 0.1) is 5.82 Å². The Balaban J connectivity index is 2.20. The molecule has 0 fully saturated rings. The molecule has 124 valence electrons. The van der Waals surface area contributed by atoms with Crippen LogP contribution in [0.4, 0.5) is 4.39 Å². The van der Waals surface area contributed by atoms with Crippen molar-refractivity contribution < 1.29 is 9.18 Å². The number of primary amides is 1. The zero-order valence-corrected chi connectivity index (χ0v) is 14.0. The Morgan fingerprint density at radius 1 is 1.29 bits per heavy atom. The number of aromatic nitrogens is 4. The number of nitrogens with two attached hydrogens (primary N) is 1. The van der Waals surface area contributed by atoms with Crippen molar-refractivity contribution in [1.29, 1.82) is 0 Å². The van der Waals surface area contributed by atoms with Crippen molar-refractivity contribution >= 4 is 28.6 Å². The Morgan fingerprint density at radius 2 is 2.00 bits per heavy atom. The van der Waals surface area contributed by atoms with Crippen LogP contribution in [0.1, 0.15) is 25.5 Å². The van der Waals surface area contributed by atoms with Gasteiger partial charge in [-0.2, -0.15) is 10.2 Å². The van der Waals surface area contributed by atoms with E-state index in [-0.39, 0.29) is 17.5 Å². The number of hydrogen-bond donors (Lipinski definition) is 1. The molecule has 0 aliphatic heterocycles. The van der Waals surface area contributed by atoms with E-state index >= 15 is 0 Å². The maximum atomic E-state index is 13.2. The topological polar surface area (TPSA) is 86.7 Å². The van der Waals surface area contributed by atoms with E-state index in [0.29, 0.717) is 10.7 Å². The number of thioether (sulfide) groups is 1. The van der Waals surface area contributed by atoms with Crippen molar-refractivity contribution in [2.75, 3.05) is 5.75 Å². The summed E-state index contributed by atoms with van der Waals surface area (Å²) in [7, 11) is 0. The molecule has 1 aromatic carbocycles. The Kier molecular flexibility index (Phi) is 4.48. The summed E-state index contributed by atoms with van der Waals surface area (Å²) < 4.78 is 14.9. The van der Waals surface area contributed by atoms with Gasteiger partial charge in [0.2, 0.25) is 5.91 Å². The number of hydrogen-bond acceptors (Lipinski definition) is 5. The molecule has 0 atom stereocenters. The Labute approximate surface area is 142 Å². The summed E-state index contributed by atoms with van der Waals surface area (Å²) in [5, 5.41) is 14.3. The van der Waals surface area contributed by atoms with Crippen molar-refractivity contribution in [3.63, 3.8) is 0 Å². The number of nitrogens with zero attached hydrogens (tertiary/aromatic N) is 4. The Hall–Kier alpha value is -2.48.